The third-order valence-electron chi connectivity index (χ3n) is 3.98. The summed E-state index contributed by atoms with van der Waals surface area (Å²) in [6.07, 6.45) is 3.54. The van der Waals surface area contributed by atoms with Gasteiger partial charge in [0.25, 0.3) is 11.8 Å². The van der Waals surface area contributed by atoms with Crippen LogP contribution in [0.1, 0.15) is 33.7 Å². The molecule has 3 rings (SSSR count). The largest absolute Gasteiger partial charge is 0.379 e. The van der Waals surface area contributed by atoms with E-state index in [9.17, 15) is 9.59 Å². The van der Waals surface area contributed by atoms with Crippen LogP contribution in [-0.4, -0.2) is 67.1 Å². The van der Waals surface area contributed by atoms with Gasteiger partial charge in [0.05, 0.1) is 13.2 Å². The number of ether oxygens (including phenoxy) is 1. The van der Waals surface area contributed by atoms with Crippen molar-refractivity contribution in [2.45, 2.75) is 18.9 Å². The van der Waals surface area contributed by atoms with Crippen LogP contribution in [0.25, 0.3) is 0 Å². The number of morpholine rings is 1. The fourth-order valence-corrected chi connectivity index (χ4v) is 2.44. The number of carbonyl (C=O) groups is 2. The molecule has 1 saturated carbocycles. The Hall–Kier alpha value is -1.99. The second-order valence-corrected chi connectivity index (χ2v) is 5.89. The number of nitrogens with zero attached hydrogens (tertiary/aromatic N) is 2. The van der Waals surface area contributed by atoms with Crippen molar-refractivity contribution in [1.29, 1.82) is 0 Å². The van der Waals surface area contributed by atoms with Gasteiger partial charge in [-0.2, -0.15) is 0 Å². The van der Waals surface area contributed by atoms with Crippen LogP contribution in [0.5, 0.6) is 0 Å². The number of carbonyl (C=O) groups excluding carboxylic acids is 2. The average Bonchev–Trinajstić information content (AvgIpc) is 3.40. The molecule has 0 bridgehead atoms. The second kappa shape index (κ2) is 7.52. The molecule has 0 radical (unpaired) electrons. The molecule has 7 nitrogen and oxygen atoms in total. The molecular formula is C16H22N4O3. The predicted molar refractivity (Wildman–Crippen MR) is 84.3 cm³/mol. The lowest BCUT2D eigenvalue weighted by molar-refractivity contribution is 0.0383. The molecule has 2 N–H and O–H groups in total. The van der Waals surface area contributed by atoms with Gasteiger partial charge in [0, 0.05) is 44.0 Å². The molecule has 2 aliphatic rings. The van der Waals surface area contributed by atoms with E-state index >= 15 is 0 Å². The van der Waals surface area contributed by atoms with Gasteiger partial charge in [0.1, 0.15) is 5.69 Å². The summed E-state index contributed by atoms with van der Waals surface area (Å²) in [6.45, 7) is 4.67. The number of aromatic nitrogens is 1. The van der Waals surface area contributed by atoms with Crippen LogP contribution in [0.4, 0.5) is 0 Å². The highest BCUT2D eigenvalue weighted by atomic mass is 16.5. The van der Waals surface area contributed by atoms with Crippen molar-refractivity contribution in [1.82, 2.24) is 20.5 Å². The van der Waals surface area contributed by atoms with E-state index < -0.39 is 0 Å². The minimum absolute atomic E-state index is 0.180. The summed E-state index contributed by atoms with van der Waals surface area (Å²) in [6, 6.07) is 3.44. The first kappa shape index (κ1) is 15.9. The number of nitrogens with one attached hydrogen (secondary N) is 2. The van der Waals surface area contributed by atoms with Gasteiger partial charge in [-0.05, 0) is 25.0 Å². The molecule has 2 heterocycles. The van der Waals surface area contributed by atoms with Crippen molar-refractivity contribution >= 4 is 11.8 Å². The van der Waals surface area contributed by atoms with Gasteiger partial charge < -0.3 is 15.4 Å². The van der Waals surface area contributed by atoms with Crippen molar-refractivity contribution in [3.8, 4) is 0 Å². The number of hydrogen-bond acceptors (Lipinski definition) is 5. The third-order valence-corrected chi connectivity index (χ3v) is 3.98. The highest BCUT2D eigenvalue weighted by Crippen LogP contribution is 2.19. The zero-order valence-electron chi connectivity index (χ0n) is 13.1. The summed E-state index contributed by atoms with van der Waals surface area (Å²) in [5.41, 5.74) is 0.751. The number of rotatable bonds is 6. The van der Waals surface area contributed by atoms with Gasteiger partial charge in [-0.3, -0.25) is 19.5 Å². The molecule has 1 saturated heterocycles. The van der Waals surface area contributed by atoms with Crippen molar-refractivity contribution in [2.24, 2.45) is 0 Å². The predicted octanol–water partition coefficient (Wildman–Crippen LogP) is 0.0358. The van der Waals surface area contributed by atoms with Crippen molar-refractivity contribution < 1.29 is 14.3 Å². The first-order valence-corrected chi connectivity index (χ1v) is 8.07. The highest BCUT2D eigenvalue weighted by Gasteiger charge is 2.24. The van der Waals surface area contributed by atoms with Crippen LogP contribution in [0.15, 0.2) is 18.3 Å². The van der Waals surface area contributed by atoms with Gasteiger partial charge in [0.15, 0.2) is 0 Å². The third kappa shape index (κ3) is 4.74. The molecule has 124 valence electrons. The molecule has 0 unspecified atom stereocenters. The minimum Gasteiger partial charge on any atom is -0.379 e. The maximum atomic E-state index is 12.2. The zero-order chi connectivity index (χ0) is 16.1. The number of pyridine rings is 1. The lowest BCUT2D eigenvalue weighted by Gasteiger charge is -2.26. The summed E-state index contributed by atoms with van der Waals surface area (Å²) in [4.78, 5) is 30.4. The van der Waals surface area contributed by atoms with Gasteiger partial charge in [-0.1, -0.05) is 0 Å². The van der Waals surface area contributed by atoms with Crippen LogP contribution in [-0.2, 0) is 4.74 Å². The fourth-order valence-electron chi connectivity index (χ4n) is 2.44. The Morgan fingerprint density at radius 3 is 2.78 bits per heavy atom. The molecule has 0 atom stereocenters. The first-order valence-electron chi connectivity index (χ1n) is 8.07. The Labute approximate surface area is 135 Å². The molecule has 1 aliphatic heterocycles. The Kier molecular flexibility index (Phi) is 5.19. The van der Waals surface area contributed by atoms with E-state index in [1.807, 2.05) is 0 Å². The average molecular weight is 318 g/mol. The van der Waals surface area contributed by atoms with Crippen LogP contribution in [0.3, 0.4) is 0 Å². The molecule has 2 amide bonds. The monoisotopic (exact) mass is 318 g/mol. The topological polar surface area (TPSA) is 83.6 Å². The maximum absolute atomic E-state index is 12.2. The molecule has 23 heavy (non-hydrogen) atoms. The zero-order valence-corrected chi connectivity index (χ0v) is 13.1. The quantitative estimate of drug-likeness (QED) is 0.773. The van der Waals surface area contributed by atoms with Crippen LogP contribution in [0.2, 0.25) is 0 Å². The van der Waals surface area contributed by atoms with Gasteiger partial charge in [-0.25, -0.2) is 0 Å². The number of hydrogen-bond donors (Lipinski definition) is 2. The number of amides is 2. The van der Waals surface area contributed by atoms with E-state index in [0.29, 0.717) is 12.1 Å². The van der Waals surface area contributed by atoms with Gasteiger partial charge >= 0.3 is 0 Å². The Morgan fingerprint density at radius 1 is 1.26 bits per heavy atom. The second-order valence-electron chi connectivity index (χ2n) is 5.89. The molecular weight excluding hydrogens is 296 g/mol. The summed E-state index contributed by atoms with van der Waals surface area (Å²) in [7, 11) is 0. The van der Waals surface area contributed by atoms with E-state index in [4.69, 9.17) is 4.74 Å². The fraction of sp³-hybridized carbons (Fsp3) is 0.562. The van der Waals surface area contributed by atoms with E-state index in [-0.39, 0.29) is 23.6 Å². The Morgan fingerprint density at radius 2 is 2.04 bits per heavy atom. The van der Waals surface area contributed by atoms with Gasteiger partial charge in [-0.15, -0.1) is 0 Å². The molecule has 0 aromatic carbocycles. The van der Waals surface area contributed by atoms with E-state index in [2.05, 4.69) is 20.5 Å². The van der Waals surface area contributed by atoms with Crippen LogP contribution >= 0.6 is 0 Å². The smallest absolute Gasteiger partial charge is 0.270 e. The summed E-state index contributed by atoms with van der Waals surface area (Å²) < 4.78 is 5.29. The molecule has 7 heteroatoms. The molecule has 2 fully saturated rings. The Balaban J connectivity index is 1.49. The normalized spacial score (nSPS) is 18.4. The highest BCUT2D eigenvalue weighted by molar-refractivity contribution is 5.98. The molecule has 1 aliphatic carbocycles. The molecule has 1 aromatic heterocycles. The lowest BCUT2D eigenvalue weighted by atomic mass is 10.2. The molecule has 1 aromatic rings. The maximum Gasteiger partial charge on any atom is 0.270 e. The van der Waals surface area contributed by atoms with Crippen LogP contribution in [0, 0.1) is 0 Å². The van der Waals surface area contributed by atoms with Crippen molar-refractivity contribution in [3.63, 3.8) is 0 Å². The van der Waals surface area contributed by atoms with Gasteiger partial charge in [0.2, 0.25) is 0 Å². The Bertz CT molecular complexity index is 568. The van der Waals surface area contributed by atoms with Crippen molar-refractivity contribution in [2.75, 3.05) is 39.4 Å². The minimum atomic E-state index is -0.213. The van der Waals surface area contributed by atoms with Crippen LogP contribution < -0.4 is 10.6 Å². The summed E-state index contributed by atoms with van der Waals surface area (Å²) in [5, 5.41) is 5.76. The van der Waals surface area contributed by atoms with Crippen molar-refractivity contribution in [3.05, 3.63) is 29.6 Å². The lowest BCUT2D eigenvalue weighted by Crippen LogP contribution is -2.41. The molecule has 0 spiro atoms. The van der Waals surface area contributed by atoms with E-state index in [1.165, 1.54) is 6.20 Å². The van der Waals surface area contributed by atoms with E-state index in [0.717, 1.165) is 45.7 Å². The van der Waals surface area contributed by atoms with E-state index in [1.54, 1.807) is 12.1 Å². The SMILES string of the molecule is O=C(NCCN1CCOCC1)c1ccnc(C(=O)NC2CC2)c1. The first-order chi connectivity index (χ1) is 11.2. The standard InChI is InChI=1S/C16H22N4O3/c21-15(18-5-6-20-7-9-23-10-8-20)12-3-4-17-14(11-12)16(22)19-13-1-2-13/h3-4,11,13H,1-2,5-10H2,(H,18,21)(H,19,22). The summed E-state index contributed by atoms with van der Waals surface area (Å²) in [5.74, 6) is -0.392. The summed E-state index contributed by atoms with van der Waals surface area (Å²) >= 11 is 0.